The average Bonchev–Trinajstić information content (AvgIpc) is 1.84. The van der Waals surface area contributed by atoms with Gasteiger partial charge in [0.05, 0.1) is 0 Å². The van der Waals surface area contributed by atoms with Gasteiger partial charge in [0.1, 0.15) is 0 Å². The summed E-state index contributed by atoms with van der Waals surface area (Å²) in [7, 11) is -7.25. The largest absolute Gasteiger partial charge is 0.420 e. The third-order valence-electron chi connectivity index (χ3n) is 0.702. The van der Waals surface area contributed by atoms with Crippen LogP contribution in [0.5, 0.6) is 0 Å². The van der Waals surface area contributed by atoms with Crippen molar-refractivity contribution < 1.29 is 25.9 Å². The van der Waals surface area contributed by atoms with Crippen molar-refractivity contribution in [2.75, 3.05) is 14.2 Å². The lowest BCUT2D eigenvalue weighted by molar-refractivity contribution is 0.271. The lowest BCUT2D eigenvalue weighted by Gasteiger charge is -2.10. The minimum atomic E-state index is -5.07. The Labute approximate surface area is 63.6 Å². The van der Waals surface area contributed by atoms with Crippen molar-refractivity contribution >= 4 is 18.2 Å². The van der Waals surface area contributed by atoms with Gasteiger partial charge in [0.25, 0.3) is 0 Å². The molecule has 0 saturated heterocycles. The first-order valence-electron chi connectivity index (χ1n) is 2.28. The van der Waals surface area contributed by atoms with E-state index in [0.29, 0.717) is 0 Å². The van der Waals surface area contributed by atoms with Crippen LogP contribution in [0.3, 0.4) is 0 Å². The molecule has 0 radical (unpaired) electrons. The van der Waals surface area contributed by atoms with Crippen molar-refractivity contribution in [3.63, 3.8) is 0 Å². The smallest absolute Gasteiger partial charge is 0.299 e. The van der Waals surface area contributed by atoms with Crippen LogP contribution >= 0.6 is 7.75 Å². The molecular weight excluding hydrogens is 200 g/mol. The summed E-state index contributed by atoms with van der Waals surface area (Å²) in [6, 6.07) is 0. The normalized spacial score (nSPS) is 13.4. The topological polar surface area (TPSA) is 81.7 Å². The highest BCUT2D eigenvalue weighted by Gasteiger charge is 2.28. The Hall–Kier alpha value is -0.0100. The molecule has 0 aliphatic heterocycles. The quantitative estimate of drug-likeness (QED) is 0.525. The Kier molecular flexibility index (Phi) is 3.59. The molecule has 0 aliphatic carbocycles. The van der Waals surface area contributed by atoms with Gasteiger partial charge in [0.2, 0.25) is 0 Å². The fourth-order valence-electron chi connectivity index (χ4n) is 0.283. The standard InChI is InChI=1S/C2H7FNO5PS/c1-8-10(5,9-2)4-11(3,6)7/h1-2H3,(H,4,5). The van der Waals surface area contributed by atoms with E-state index in [1.54, 1.807) is 0 Å². The molecule has 6 nitrogen and oxygen atoms in total. The molecule has 0 rings (SSSR count). The first-order valence-corrected chi connectivity index (χ1v) is 5.21. The molecule has 0 heterocycles. The van der Waals surface area contributed by atoms with Crippen LogP contribution in [0, 0.1) is 0 Å². The SMILES string of the molecule is COP(=O)(NS(=O)(=O)F)OC. The van der Waals surface area contributed by atoms with Crippen LogP contribution in [0.4, 0.5) is 3.89 Å². The highest BCUT2D eigenvalue weighted by Crippen LogP contribution is 2.42. The second kappa shape index (κ2) is 3.59. The first kappa shape index (κ1) is 11.0. The second-order valence-corrected chi connectivity index (χ2v) is 4.72. The summed E-state index contributed by atoms with van der Waals surface area (Å²) in [6.45, 7) is 0. The van der Waals surface area contributed by atoms with Crippen LogP contribution in [-0.2, 0) is 24.0 Å². The predicted octanol–water partition coefficient (Wildman–Crippen LogP) is 0.191. The van der Waals surface area contributed by atoms with Crippen molar-refractivity contribution in [2.24, 2.45) is 0 Å². The Morgan fingerprint density at radius 1 is 1.36 bits per heavy atom. The predicted molar refractivity (Wildman–Crippen MR) is 34.8 cm³/mol. The first-order chi connectivity index (χ1) is 4.83. The van der Waals surface area contributed by atoms with Crippen LogP contribution in [0.2, 0.25) is 0 Å². The molecular formula is C2H7FNO5PS. The van der Waals surface area contributed by atoms with Gasteiger partial charge >= 0.3 is 18.2 Å². The lowest BCUT2D eigenvalue weighted by atomic mass is 11.8. The number of rotatable bonds is 4. The third kappa shape index (κ3) is 4.44. The Morgan fingerprint density at radius 2 is 1.73 bits per heavy atom. The maximum absolute atomic E-state index is 11.8. The third-order valence-corrected chi connectivity index (χ3v) is 3.43. The van der Waals surface area contributed by atoms with Gasteiger partial charge in [0.15, 0.2) is 0 Å². The van der Waals surface area contributed by atoms with E-state index in [2.05, 4.69) is 9.05 Å². The Bertz CT molecular complexity index is 254. The molecule has 0 atom stereocenters. The van der Waals surface area contributed by atoms with E-state index in [1.807, 2.05) is 0 Å². The Morgan fingerprint density at radius 3 is 1.82 bits per heavy atom. The van der Waals surface area contributed by atoms with E-state index in [1.165, 1.54) is 0 Å². The van der Waals surface area contributed by atoms with Crippen LogP contribution in [0.1, 0.15) is 0 Å². The molecule has 1 N–H and O–H groups in total. The van der Waals surface area contributed by atoms with Gasteiger partial charge in [-0.05, 0) is 0 Å². The lowest BCUT2D eigenvalue weighted by Crippen LogP contribution is -2.17. The number of halogens is 1. The van der Waals surface area contributed by atoms with E-state index in [9.17, 15) is 16.9 Å². The zero-order valence-electron chi connectivity index (χ0n) is 5.77. The highest BCUT2D eigenvalue weighted by atomic mass is 32.3. The van der Waals surface area contributed by atoms with Crippen molar-refractivity contribution in [3.8, 4) is 0 Å². The summed E-state index contributed by atoms with van der Waals surface area (Å²) in [5.74, 6) is 0. The van der Waals surface area contributed by atoms with E-state index in [-0.39, 0.29) is 0 Å². The molecule has 0 aromatic heterocycles. The summed E-state index contributed by atoms with van der Waals surface area (Å²) in [5.41, 5.74) is 0. The molecule has 0 fully saturated rings. The van der Waals surface area contributed by atoms with Gasteiger partial charge in [-0.1, -0.05) is 8.38 Å². The van der Waals surface area contributed by atoms with E-state index in [0.717, 1.165) is 18.7 Å². The summed E-state index contributed by atoms with van der Waals surface area (Å²) < 4.78 is 51.5. The van der Waals surface area contributed by atoms with Gasteiger partial charge < -0.3 is 0 Å². The van der Waals surface area contributed by atoms with Gasteiger partial charge in [-0.25, -0.2) is 4.57 Å². The molecule has 0 saturated carbocycles. The molecule has 0 unspecified atom stereocenters. The van der Waals surface area contributed by atoms with Gasteiger partial charge in [-0.2, -0.15) is 8.42 Å². The maximum Gasteiger partial charge on any atom is 0.420 e. The minimum Gasteiger partial charge on any atom is -0.299 e. The van der Waals surface area contributed by atoms with Crippen molar-refractivity contribution in [1.82, 2.24) is 4.49 Å². The van der Waals surface area contributed by atoms with Crippen LogP contribution in [0.25, 0.3) is 0 Å². The zero-order valence-corrected chi connectivity index (χ0v) is 7.49. The molecule has 0 amide bonds. The van der Waals surface area contributed by atoms with Crippen LogP contribution < -0.4 is 4.49 Å². The molecule has 0 aromatic rings. The van der Waals surface area contributed by atoms with E-state index in [4.69, 9.17) is 0 Å². The van der Waals surface area contributed by atoms with Crippen LogP contribution in [0.15, 0.2) is 0 Å². The maximum atomic E-state index is 11.8. The fraction of sp³-hybridized carbons (Fsp3) is 1.00. The summed E-state index contributed by atoms with van der Waals surface area (Å²) >= 11 is 0. The summed E-state index contributed by atoms with van der Waals surface area (Å²) in [5, 5.41) is 0. The van der Waals surface area contributed by atoms with Crippen molar-refractivity contribution in [2.45, 2.75) is 0 Å². The monoisotopic (exact) mass is 207 g/mol. The van der Waals surface area contributed by atoms with Gasteiger partial charge in [-0.15, -0.1) is 0 Å². The molecule has 68 valence electrons. The van der Waals surface area contributed by atoms with Crippen molar-refractivity contribution in [1.29, 1.82) is 0 Å². The van der Waals surface area contributed by atoms with E-state index < -0.39 is 18.2 Å². The molecule has 0 bridgehead atoms. The van der Waals surface area contributed by atoms with Gasteiger partial charge in [-0.3, -0.25) is 9.05 Å². The Balaban J connectivity index is 4.47. The zero-order chi connectivity index (χ0) is 9.12. The van der Waals surface area contributed by atoms with Crippen LogP contribution in [-0.4, -0.2) is 22.6 Å². The second-order valence-electron chi connectivity index (χ2n) is 1.39. The number of nitrogens with one attached hydrogen (secondary N) is 1. The molecule has 0 aromatic carbocycles. The highest BCUT2D eigenvalue weighted by molar-refractivity contribution is 7.90. The molecule has 9 heteroatoms. The summed E-state index contributed by atoms with van der Waals surface area (Å²) in [6.07, 6.45) is 0. The van der Waals surface area contributed by atoms with E-state index >= 15 is 0 Å². The minimum absolute atomic E-state index is 0.919. The molecule has 0 aliphatic rings. The van der Waals surface area contributed by atoms with Crippen molar-refractivity contribution in [3.05, 3.63) is 0 Å². The summed E-state index contributed by atoms with van der Waals surface area (Å²) in [4.78, 5) is 0. The molecule has 0 spiro atoms. The van der Waals surface area contributed by atoms with Gasteiger partial charge in [0, 0.05) is 14.2 Å². The number of hydrogen-bond acceptors (Lipinski definition) is 5. The number of hydrogen-bond donors (Lipinski definition) is 1. The average molecular weight is 207 g/mol. The molecule has 11 heavy (non-hydrogen) atoms. The fourth-order valence-corrected chi connectivity index (χ4v) is 2.10.